The van der Waals surface area contributed by atoms with E-state index in [9.17, 15) is 14.4 Å². The largest absolute Gasteiger partial charge is 0.397 e. The number of anilines is 2. The molecule has 0 aliphatic heterocycles. The summed E-state index contributed by atoms with van der Waals surface area (Å²) in [5.41, 5.74) is 8.53. The van der Waals surface area contributed by atoms with Crippen LogP contribution in [0.3, 0.4) is 0 Å². The lowest BCUT2D eigenvalue weighted by Gasteiger charge is -2.06. The molecule has 4 aromatic rings. The van der Waals surface area contributed by atoms with Gasteiger partial charge < -0.3 is 16.0 Å². The first kappa shape index (κ1) is 17.9. The van der Waals surface area contributed by atoms with Crippen molar-refractivity contribution in [3.63, 3.8) is 0 Å². The van der Waals surface area contributed by atoms with Gasteiger partial charge in [0.15, 0.2) is 0 Å². The minimum absolute atomic E-state index is 0.0222. The Bertz CT molecular complexity index is 1400. The number of aryl methyl sites for hydroxylation is 3. The number of nitrogens with two attached hydrogens (primary N) is 1. The SMILES string of the molecule is Cc1ccc2cc3c(N)c(C(=O)Nc4c(C)[nH]c(=O)[nH]c4=O)sc3nc2c1C. The molecular formula is C19H17N5O3S. The van der Waals surface area contributed by atoms with E-state index in [-0.39, 0.29) is 16.3 Å². The van der Waals surface area contributed by atoms with Crippen molar-refractivity contribution in [3.8, 4) is 0 Å². The number of aromatic nitrogens is 3. The van der Waals surface area contributed by atoms with Gasteiger partial charge in [-0.05, 0) is 38.0 Å². The number of nitrogens with zero attached hydrogens (tertiary/aromatic N) is 1. The van der Waals surface area contributed by atoms with Gasteiger partial charge in [0.25, 0.3) is 11.5 Å². The molecule has 9 heteroatoms. The molecule has 4 rings (SSSR count). The van der Waals surface area contributed by atoms with Crippen LogP contribution in [0.5, 0.6) is 0 Å². The summed E-state index contributed by atoms with van der Waals surface area (Å²) < 4.78 is 0. The maximum absolute atomic E-state index is 12.8. The number of H-pyrrole nitrogens is 2. The summed E-state index contributed by atoms with van der Waals surface area (Å²) in [5, 5.41) is 4.17. The number of rotatable bonds is 2. The Balaban J connectivity index is 1.83. The van der Waals surface area contributed by atoms with Crippen molar-refractivity contribution in [2.75, 3.05) is 11.1 Å². The molecule has 0 fully saturated rings. The van der Waals surface area contributed by atoms with E-state index in [1.165, 1.54) is 6.92 Å². The highest BCUT2D eigenvalue weighted by molar-refractivity contribution is 7.21. The Morgan fingerprint density at radius 3 is 2.64 bits per heavy atom. The minimum Gasteiger partial charge on any atom is -0.397 e. The predicted molar refractivity (Wildman–Crippen MR) is 111 cm³/mol. The van der Waals surface area contributed by atoms with Gasteiger partial charge in [0.1, 0.15) is 15.4 Å². The van der Waals surface area contributed by atoms with Gasteiger partial charge in [0, 0.05) is 16.5 Å². The molecule has 0 saturated heterocycles. The van der Waals surface area contributed by atoms with Crippen LogP contribution in [0.1, 0.15) is 26.5 Å². The first-order chi connectivity index (χ1) is 13.3. The van der Waals surface area contributed by atoms with Gasteiger partial charge in [0.2, 0.25) is 0 Å². The van der Waals surface area contributed by atoms with Crippen LogP contribution in [0.25, 0.3) is 21.1 Å². The molecule has 3 aromatic heterocycles. The molecule has 5 N–H and O–H groups in total. The van der Waals surface area contributed by atoms with Crippen molar-refractivity contribution in [1.29, 1.82) is 0 Å². The fraction of sp³-hybridized carbons (Fsp3) is 0.158. The predicted octanol–water partition coefficient (Wildman–Crippen LogP) is 2.59. The number of carbonyl (C=O) groups is 1. The smallest absolute Gasteiger partial charge is 0.326 e. The molecule has 0 aliphatic carbocycles. The van der Waals surface area contributed by atoms with E-state index in [1.807, 2.05) is 32.0 Å². The first-order valence-corrected chi connectivity index (χ1v) is 9.31. The second-order valence-electron chi connectivity index (χ2n) is 6.63. The first-order valence-electron chi connectivity index (χ1n) is 8.49. The number of pyridine rings is 1. The van der Waals surface area contributed by atoms with Crippen LogP contribution >= 0.6 is 11.3 Å². The van der Waals surface area contributed by atoms with Crippen LogP contribution in [0, 0.1) is 20.8 Å². The lowest BCUT2D eigenvalue weighted by molar-refractivity contribution is 0.103. The molecule has 0 saturated carbocycles. The maximum Gasteiger partial charge on any atom is 0.326 e. The Hall–Kier alpha value is -3.46. The average molecular weight is 395 g/mol. The third-order valence-electron chi connectivity index (χ3n) is 4.79. The van der Waals surface area contributed by atoms with Crippen LogP contribution in [0.2, 0.25) is 0 Å². The Morgan fingerprint density at radius 2 is 1.93 bits per heavy atom. The van der Waals surface area contributed by atoms with Gasteiger partial charge in [-0.3, -0.25) is 14.6 Å². The highest BCUT2D eigenvalue weighted by Gasteiger charge is 2.20. The minimum atomic E-state index is -0.677. The summed E-state index contributed by atoms with van der Waals surface area (Å²) in [5.74, 6) is -0.530. The summed E-state index contributed by atoms with van der Waals surface area (Å²) in [6.45, 7) is 5.55. The quantitative estimate of drug-likeness (QED) is 0.414. The third kappa shape index (κ3) is 2.76. The molecule has 0 radical (unpaired) electrons. The summed E-state index contributed by atoms with van der Waals surface area (Å²) in [6.07, 6.45) is 0. The Labute approximate surface area is 162 Å². The summed E-state index contributed by atoms with van der Waals surface area (Å²) in [4.78, 5) is 46.2. The van der Waals surface area contributed by atoms with E-state index in [4.69, 9.17) is 10.7 Å². The molecule has 0 atom stereocenters. The van der Waals surface area contributed by atoms with E-state index >= 15 is 0 Å². The van der Waals surface area contributed by atoms with Gasteiger partial charge in [-0.1, -0.05) is 12.1 Å². The molecular weight excluding hydrogens is 378 g/mol. The fourth-order valence-corrected chi connectivity index (χ4v) is 4.07. The van der Waals surface area contributed by atoms with Gasteiger partial charge in [-0.25, -0.2) is 9.78 Å². The van der Waals surface area contributed by atoms with Crippen LogP contribution in [-0.4, -0.2) is 20.9 Å². The molecule has 8 nitrogen and oxygen atoms in total. The van der Waals surface area contributed by atoms with Crippen molar-refractivity contribution in [2.45, 2.75) is 20.8 Å². The number of nitrogen functional groups attached to an aromatic ring is 1. The van der Waals surface area contributed by atoms with E-state index in [1.54, 1.807) is 0 Å². The maximum atomic E-state index is 12.8. The zero-order chi connectivity index (χ0) is 20.2. The van der Waals surface area contributed by atoms with Crippen LogP contribution in [-0.2, 0) is 0 Å². The number of hydrogen-bond acceptors (Lipinski definition) is 6. The van der Waals surface area contributed by atoms with Gasteiger partial charge in [0.05, 0.1) is 11.2 Å². The lowest BCUT2D eigenvalue weighted by Crippen LogP contribution is -2.28. The van der Waals surface area contributed by atoms with Gasteiger partial charge >= 0.3 is 5.69 Å². The van der Waals surface area contributed by atoms with Gasteiger partial charge in [-0.2, -0.15) is 0 Å². The number of amides is 1. The van der Waals surface area contributed by atoms with Crippen molar-refractivity contribution in [2.24, 2.45) is 0 Å². The zero-order valence-electron chi connectivity index (χ0n) is 15.4. The van der Waals surface area contributed by atoms with Gasteiger partial charge in [-0.15, -0.1) is 11.3 Å². The monoisotopic (exact) mass is 395 g/mol. The molecule has 0 bridgehead atoms. The lowest BCUT2D eigenvalue weighted by atomic mass is 10.0. The number of fused-ring (bicyclic) bond motifs is 2. The topological polar surface area (TPSA) is 134 Å². The van der Waals surface area contributed by atoms with E-state index in [0.717, 1.165) is 33.4 Å². The summed E-state index contributed by atoms with van der Waals surface area (Å²) >= 11 is 1.16. The van der Waals surface area contributed by atoms with E-state index < -0.39 is 17.2 Å². The third-order valence-corrected chi connectivity index (χ3v) is 5.90. The number of aromatic amines is 2. The highest BCUT2D eigenvalue weighted by atomic mass is 32.1. The number of hydrogen-bond donors (Lipinski definition) is 4. The van der Waals surface area contributed by atoms with Crippen LogP contribution in [0.15, 0.2) is 27.8 Å². The van der Waals surface area contributed by atoms with Crippen molar-refractivity contribution in [1.82, 2.24) is 15.0 Å². The van der Waals surface area contributed by atoms with E-state index in [2.05, 4.69) is 15.3 Å². The van der Waals surface area contributed by atoms with Crippen LogP contribution < -0.4 is 22.3 Å². The molecule has 1 aromatic carbocycles. The van der Waals surface area contributed by atoms with E-state index in [0.29, 0.717) is 15.9 Å². The molecule has 0 spiro atoms. The fourth-order valence-electron chi connectivity index (χ4n) is 3.10. The molecule has 0 aliphatic rings. The zero-order valence-corrected chi connectivity index (χ0v) is 16.2. The standard InChI is InChI=1S/C19H17N5O3S/c1-7-4-5-10-6-11-12(20)15(28-18(11)23-13(10)8(7)2)17(26)22-14-9(3)21-19(27)24-16(14)25/h4-6H,20H2,1-3H3,(H,22,26)(H2,21,24,25,27). The molecule has 0 unspecified atom stereocenters. The number of nitrogens with one attached hydrogen (secondary N) is 3. The molecule has 3 heterocycles. The summed E-state index contributed by atoms with van der Waals surface area (Å²) in [6, 6.07) is 5.92. The average Bonchev–Trinajstić information content (AvgIpc) is 2.96. The second-order valence-corrected chi connectivity index (χ2v) is 7.63. The van der Waals surface area contributed by atoms with Crippen molar-refractivity contribution >= 4 is 49.7 Å². The summed E-state index contributed by atoms with van der Waals surface area (Å²) in [7, 11) is 0. The molecule has 142 valence electrons. The highest BCUT2D eigenvalue weighted by Crippen LogP contribution is 2.35. The Kier molecular flexibility index (Phi) is 4.04. The Morgan fingerprint density at radius 1 is 1.18 bits per heavy atom. The number of benzene rings is 1. The van der Waals surface area contributed by atoms with Crippen molar-refractivity contribution < 1.29 is 4.79 Å². The number of thiophene rings is 1. The number of carbonyl (C=O) groups excluding carboxylic acids is 1. The molecule has 1 amide bonds. The molecule has 28 heavy (non-hydrogen) atoms. The van der Waals surface area contributed by atoms with Crippen LogP contribution in [0.4, 0.5) is 11.4 Å². The van der Waals surface area contributed by atoms with Crippen molar-refractivity contribution in [3.05, 3.63) is 60.7 Å². The second kappa shape index (κ2) is 6.31. The normalized spacial score (nSPS) is 11.2.